The van der Waals surface area contributed by atoms with E-state index in [4.69, 9.17) is 47.4 Å². The molecular weight excluding hydrogens is 2550 g/mol. The molecule has 0 aromatic heterocycles. The van der Waals surface area contributed by atoms with E-state index in [0.717, 1.165) is 12.1 Å². The Balaban J connectivity index is -0.00000127. The zero-order chi connectivity index (χ0) is 99.5. The smallest absolute Gasteiger partial charge is 0.726 e. The molecule has 0 saturated carbocycles. The Hall–Kier alpha value is 12.0. The van der Waals surface area contributed by atoms with E-state index in [9.17, 15) is 212 Å². The molecule has 1 amide bonds. The molecule has 1 aromatic carbocycles. The summed E-state index contributed by atoms with van der Waals surface area (Å²) in [6.45, 7) is -14.5. The number of rotatable bonds is 49. The van der Waals surface area contributed by atoms with E-state index in [-0.39, 0.29) is 479 Å². The normalized spacial score (nSPS) is 28.1. The number of carbonyl (C=O) groups is 1. The van der Waals surface area contributed by atoms with Gasteiger partial charge >= 0.3 is 473 Å². The zero-order valence-corrected chi connectivity index (χ0v) is 121. The first-order valence-electron chi connectivity index (χ1n) is 31.2. The fourth-order valence-corrected chi connectivity index (χ4v) is 18.1. The first kappa shape index (κ1) is 180. The number of carbonyl (C=O) groups excluding carboxylic acids is 1. The number of nitrogens with one attached hydrogen (secondary N) is 1. The average Bonchev–Trinajstić information content (AvgIpc) is 0.741. The minimum Gasteiger partial charge on any atom is -0.726 e. The van der Waals surface area contributed by atoms with Gasteiger partial charge in [-0.2, -0.15) is 0 Å². The molecular formula is C38H43NNa16O75S16. The predicted molar refractivity (Wildman–Crippen MR) is 341 cm³/mol. The molecule has 0 spiro atoms. The van der Waals surface area contributed by atoms with Gasteiger partial charge in [0.1, 0.15) is 103 Å². The van der Waals surface area contributed by atoms with E-state index in [1.54, 1.807) is 5.32 Å². The Morgan fingerprint density at radius 2 is 0.384 bits per heavy atom. The summed E-state index contributed by atoms with van der Waals surface area (Å²) in [5, 5.41) is 1.55. The Labute approximate surface area is 1180 Å². The third-order valence-corrected chi connectivity index (χ3v) is 22.1. The standard InChI is InChI=1S/C38H59NO75S16.16Na/c40-18(11-89-12-4-2-1-3-5-12)39-34-29(27(109-125(71,72)73)22(107-123(65,66)67)13(95-34)6-90-115(41,42)43)103-37-32(113-129(83,84)85)26(21(106-122(62,63)64)16(98-37)9-93-118(50,51)52)101-35-30(111-127(77,78)79)24(19(104-120(56,57)58)14(96-35)7-91-116(44,45)46)100-36-31(112-128(80,81)82)25(20(105-121(59,60)61)15(97-36)8-92-117(47,48)49)102-38-33(114-130(86,87)88)28(110-126(74,75)76)23(108-124(68,69)70)17(99-38)10-94-119(53,54)55;;;;;;;;;;;;;;;;/h1-5,13-17,19-38H,6-11H2,(H,39,40)(H,41,42,43)(H,44,45,46)(H,47,48,49)(H,50,51,52)(H,53,54,55)(H,56,57,58)(H,59,60,61)(H,62,63,64)(H,65,66,67)(H,68,69,70)(H,71,72,73)(H,74,75,76)(H,77,78,79)(H,80,81,82)(H,83,84,85)(H,86,87,88);;;;;;;;;;;;;;;;/q;16*+1/p-16/t13-,14-,15-,16-,17-,19-,20-,21-,22-,23-,24+,25+,26+,27+,28+,29+,30+,31+,32+,33+,34+,35-,36-,37-,38-;;;;;;;;;;;;;;;;/m1................/s1. The number of ether oxygens (including phenoxy) is 10. The minimum atomic E-state index is -7.51. The van der Waals surface area contributed by atoms with E-state index in [2.05, 4.69) is 66.9 Å². The summed E-state index contributed by atoms with van der Waals surface area (Å²) >= 11 is 0. The maximum absolute atomic E-state index is 13.8. The molecule has 6 rings (SSSR count). The summed E-state index contributed by atoms with van der Waals surface area (Å²) in [4.78, 5) is 13.8. The van der Waals surface area contributed by atoms with Crippen molar-refractivity contribution in [1.82, 2.24) is 5.32 Å². The molecule has 146 heavy (non-hydrogen) atoms. The second-order valence-electron chi connectivity index (χ2n) is 24.0. The van der Waals surface area contributed by atoms with Gasteiger partial charge < -0.3 is 126 Å². The van der Waals surface area contributed by atoms with Gasteiger partial charge in [-0.1, -0.05) is 18.2 Å². The van der Waals surface area contributed by atoms with Crippen LogP contribution < -0.4 is 483 Å². The monoisotopic (exact) mass is 2590 g/mol. The maximum Gasteiger partial charge on any atom is 1.00 e. The zero-order valence-electron chi connectivity index (χ0n) is 76.2. The molecule has 0 bridgehead atoms. The van der Waals surface area contributed by atoms with Crippen LogP contribution in [0.1, 0.15) is 0 Å². The van der Waals surface area contributed by atoms with Gasteiger partial charge in [-0.05, 0) is 12.1 Å². The molecule has 1 N–H and O–H groups in total. The second kappa shape index (κ2) is 74.2. The fourth-order valence-electron chi connectivity index (χ4n) is 11.2. The largest absolute Gasteiger partial charge is 1.00 e. The number of amides is 1. The summed E-state index contributed by atoms with van der Waals surface area (Å²) < 4.78 is 716. The third kappa shape index (κ3) is 70.9. The Kier molecular flexibility index (Phi) is 91.6. The Bertz CT molecular complexity index is 6170. The van der Waals surface area contributed by atoms with E-state index in [0.29, 0.717) is 0 Å². The number of benzene rings is 1. The van der Waals surface area contributed by atoms with Gasteiger partial charge in [0, 0.05) is 0 Å². The van der Waals surface area contributed by atoms with Crippen molar-refractivity contribution in [3.05, 3.63) is 30.3 Å². The molecule has 5 aliphatic rings. The molecule has 5 fully saturated rings. The van der Waals surface area contributed by atoms with Crippen LogP contribution in [0.3, 0.4) is 0 Å². The number of para-hydroxylation sites is 1. The van der Waals surface area contributed by atoms with Crippen LogP contribution in [-0.2, 0) is 281 Å². The summed E-state index contributed by atoms with van der Waals surface area (Å²) in [5.74, 6) is -2.24. The van der Waals surface area contributed by atoms with Crippen molar-refractivity contribution in [3.63, 3.8) is 0 Å². The van der Waals surface area contributed by atoms with Crippen LogP contribution in [0.5, 0.6) is 5.75 Å². The van der Waals surface area contributed by atoms with Crippen molar-refractivity contribution in [1.29, 1.82) is 0 Å². The molecule has 0 radical (unpaired) electrons. The van der Waals surface area contributed by atoms with Crippen molar-refractivity contribution in [3.8, 4) is 5.75 Å². The van der Waals surface area contributed by atoms with Crippen LogP contribution in [0.4, 0.5) is 0 Å². The van der Waals surface area contributed by atoms with Crippen molar-refractivity contribution in [2.24, 2.45) is 0 Å². The SMILES string of the molecule is O=C(COc1ccccc1)N[C@H]1O[C@H](COS(=O)(=O)[O-])[C@@H](OS(=O)(=O)[O-])[C@H](OS(=O)(=O)[O-])[C@@H]1O[C@H]1O[C@H](COS(=O)(=O)[O-])[C@@H](OS(=O)(=O)[O-])[C@H](O[C@H]2O[C@H](COS(=O)(=O)[O-])[C@@H](OS(=O)(=O)[O-])[C@H](O[C@H]3O[C@H](COS(=O)(=O)[O-])[C@@H](OS(=O)(=O)[O-])[C@H](O[C@H]4O[C@H](COS(=O)(=O)[O-])[C@@H](OS(=O)(=O)[O-])[C@H](OS(=O)(=O)[O-])[C@@H]4OS(=O)(=O)[O-])[C@@H]3OS(=O)(=O)[O-])[C@@H]2OS(=O)(=O)[O-])[C@@H]1OS(=O)(=O)[O-].[Na+].[Na+].[Na+].[Na+].[Na+].[Na+].[Na+].[Na+].[Na+].[Na+].[Na+].[Na+].[Na+].[Na+].[Na+].[Na+]. The molecule has 5 heterocycles. The Morgan fingerprint density at radius 3 is 0.582 bits per heavy atom. The molecule has 762 valence electrons. The van der Waals surface area contributed by atoms with Gasteiger partial charge in [-0.25, -0.2) is 135 Å². The van der Waals surface area contributed by atoms with Crippen LogP contribution in [0.25, 0.3) is 0 Å². The van der Waals surface area contributed by atoms with Crippen LogP contribution in [-0.4, -0.2) is 407 Å². The summed E-state index contributed by atoms with van der Waals surface area (Å²) in [5.41, 5.74) is 0. The molecule has 108 heteroatoms. The van der Waals surface area contributed by atoms with Gasteiger partial charge in [0.25, 0.3) is 5.91 Å². The first-order chi connectivity index (χ1) is 58.2. The van der Waals surface area contributed by atoms with E-state index < -0.39 is 365 Å². The van der Waals surface area contributed by atoms with Crippen LogP contribution >= 0.6 is 0 Å². The van der Waals surface area contributed by atoms with Gasteiger partial charge in [0.15, 0.2) is 62.4 Å². The van der Waals surface area contributed by atoms with Crippen LogP contribution in [0.2, 0.25) is 0 Å². The molecule has 5 saturated heterocycles. The molecule has 1 aromatic rings. The van der Waals surface area contributed by atoms with Crippen LogP contribution in [0, 0.1) is 0 Å². The van der Waals surface area contributed by atoms with Crippen molar-refractivity contribution in [2.45, 2.75) is 153 Å². The van der Waals surface area contributed by atoms with Crippen molar-refractivity contribution >= 4 is 172 Å². The van der Waals surface area contributed by atoms with E-state index in [1.807, 2.05) is 0 Å². The summed E-state index contributed by atoms with van der Waals surface area (Å²) in [6, 6.07) is 5.72. The van der Waals surface area contributed by atoms with Gasteiger partial charge in [0.2, 0.25) is 166 Å². The molecule has 76 nitrogen and oxygen atoms in total. The van der Waals surface area contributed by atoms with Gasteiger partial charge in [-0.3, -0.25) is 71.7 Å². The average molecular weight is 2590 g/mol. The van der Waals surface area contributed by atoms with Crippen molar-refractivity contribution in [2.75, 3.05) is 39.6 Å². The summed E-state index contributed by atoms with van der Waals surface area (Å²) in [6.07, 6.45) is -102. The molecule has 25 atom stereocenters. The van der Waals surface area contributed by atoms with Gasteiger partial charge in [-0.15, -0.1) is 0 Å². The summed E-state index contributed by atoms with van der Waals surface area (Å²) in [7, 11) is -112. The second-order valence-corrected chi connectivity index (χ2v) is 40.3. The van der Waals surface area contributed by atoms with E-state index in [1.165, 1.54) is 18.2 Å². The quantitative estimate of drug-likeness (QED) is 0.0359. The predicted octanol–water partition coefficient (Wildman–Crippen LogP) is -66.9. The number of hydrogen-bond acceptors (Lipinski definition) is 75. The maximum atomic E-state index is 13.8. The van der Waals surface area contributed by atoms with Crippen molar-refractivity contribution < 1.29 is 800 Å². The molecule has 0 aliphatic carbocycles. The fraction of sp³-hybridized carbons (Fsp3) is 0.816. The van der Waals surface area contributed by atoms with Gasteiger partial charge in [0.05, 0.1) is 33.0 Å². The first-order valence-corrected chi connectivity index (χ1v) is 52.5. The molecule has 5 aliphatic heterocycles. The third-order valence-electron chi connectivity index (χ3n) is 15.0. The minimum absolute atomic E-state index is 0. The number of hydrogen-bond donors (Lipinski definition) is 1. The van der Waals surface area contributed by atoms with E-state index >= 15 is 0 Å². The molecule has 0 unspecified atom stereocenters. The van der Waals surface area contributed by atoms with Crippen LogP contribution in [0.15, 0.2) is 30.3 Å². The Morgan fingerprint density at radius 1 is 0.219 bits per heavy atom. The topological polar surface area (TPSA) is 1180 Å².